The number of piperidine rings is 1. The molecule has 25 heavy (non-hydrogen) atoms. The van der Waals surface area contributed by atoms with Crippen LogP contribution >= 0.6 is 11.3 Å². The number of likely N-dealkylation sites (tertiary alicyclic amines) is 1. The molecule has 3 nitrogen and oxygen atoms in total. The third-order valence-electron chi connectivity index (χ3n) is 5.68. The van der Waals surface area contributed by atoms with Gasteiger partial charge in [-0.05, 0) is 67.5 Å². The van der Waals surface area contributed by atoms with E-state index in [0.29, 0.717) is 5.41 Å². The van der Waals surface area contributed by atoms with Crippen LogP contribution in [-0.2, 0) is 0 Å². The van der Waals surface area contributed by atoms with E-state index < -0.39 is 0 Å². The number of aryl methyl sites for hydroxylation is 1. The SMILES string of the molecule is Cc1cc(C(=O)N2CCC3(CCNC3)CC2)sc1-c1ccc(F)cc1. The zero-order valence-corrected chi connectivity index (χ0v) is 15.3. The van der Waals surface area contributed by atoms with Gasteiger partial charge in [-0.15, -0.1) is 11.3 Å². The largest absolute Gasteiger partial charge is 0.338 e. The number of hydrogen-bond donors (Lipinski definition) is 1. The number of halogens is 1. The smallest absolute Gasteiger partial charge is 0.263 e. The average Bonchev–Trinajstić information content (AvgIpc) is 3.23. The summed E-state index contributed by atoms with van der Waals surface area (Å²) in [6.07, 6.45) is 3.43. The second kappa shape index (κ2) is 6.54. The second-order valence-electron chi connectivity index (χ2n) is 7.35. The van der Waals surface area contributed by atoms with Gasteiger partial charge >= 0.3 is 0 Å². The predicted octanol–water partition coefficient (Wildman–Crippen LogP) is 4.08. The van der Waals surface area contributed by atoms with Gasteiger partial charge in [0.05, 0.1) is 4.88 Å². The highest BCUT2D eigenvalue weighted by molar-refractivity contribution is 7.17. The first-order chi connectivity index (χ1) is 12.1. The number of rotatable bonds is 2. The van der Waals surface area contributed by atoms with Gasteiger partial charge in [0.15, 0.2) is 0 Å². The summed E-state index contributed by atoms with van der Waals surface area (Å²) >= 11 is 1.52. The molecule has 1 aromatic heterocycles. The van der Waals surface area contributed by atoms with Gasteiger partial charge in [-0.25, -0.2) is 4.39 Å². The minimum absolute atomic E-state index is 0.141. The molecule has 5 heteroatoms. The molecule has 1 aromatic carbocycles. The monoisotopic (exact) mass is 358 g/mol. The van der Waals surface area contributed by atoms with Gasteiger partial charge in [-0.3, -0.25) is 4.79 Å². The highest BCUT2D eigenvalue weighted by Crippen LogP contribution is 2.38. The number of thiophene rings is 1. The Morgan fingerprint density at radius 2 is 1.92 bits per heavy atom. The van der Waals surface area contributed by atoms with Crippen LogP contribution < -0.4 is 5.32 Å². The first kappa shape index (κ1) is 16.7. The fourth-order valence-corrected chi connectivity index (χ4v) is 5.18. The molecule has 0 unspecified atom stereocenters. The van der Waals surface area contributed by atoms with Crippen molar-refractivity contribution >= 4 is 17.2 Å². The van der Waals surface area contributed by atoms with Crippen molar-refractivity contribution in [2.75, 3.05) is 26.2 Å². The van der Waals surface area contributed by atoms with Crippen LogP contribution in [0.1, 0.15) is 34.5 Å². The van der Waals surface area contributed by atoms with Crippen molar-refractivity contribution in [3.63, 3.8) is 0 Å². The van der Waals surface area contributed by atoms with Crippen LogP contribution in [-0.4, -0.2) is 37.0 Å². The summed E-state index contributed by atoms with van der Waals surface area (Å²) in [4.78, 5) is 16.8. The normalized spacial score (nSPS) is 19.5. The third-order valence-corrected chi connectivity index (χ3v) is 6.95. The highest BCUT2D eigenvalue weighted by atomic mass is 32.1. The van der Waals surface area contributed by atoms with Crippen LogP contribution in [0.5, 0.6) is 0 Å². The van der Waals surface area contributed by atoms with Crippen molar-refractivity contribution in [1.29, 1.82) is 0 Å². The Balaban J connectivity index is 1.49. The topological polar surface area (TPSA) is 32.3 Å². The Morgan fingerprint density at radius 3 is 2.56 bits per heavy atom. The summed E-state index contributed by atoms with van der Waals surface area (Å²) in [5, 5.41) is 3.46. The van der Waals surface area contributed by atoms with Gasteiger partial charge in [0.1, 0.15) is 5.82 Å². The first-order valence-electron chi connectivity index (χ1n) is 8.93. The van der Waals surface area contributed by atoms with E-state index in [4.69, 9.17) is 0 Å². The van der Waals surface area contributed by atoms with Crippen molar-refractivity contribution in [3.8, 4) is 10.4 Å². The van der Waals surface area contributed by atoms with E-state index in [1.54, 1.807) is 12.1 Å². The summed E-state index contributed by atoms with van der Waals surface area (Å²) in [5.74, 6) is -0.0971. The van der Waals surface area contributed by atoms with E-state index in [1.165, 1.54) is 29.9 Å². The Labute approximate surface area is 151 Å². The quantitative estimate of drug-likeness (QED) is 0.877. The van der Waals surface area contributed by atoms with Gasteiger partial charge in [0, 0.05) is 24.5 Å². The lowest BCUT2D eigenvalue weighted by atomic mass is 9.78. The average molecular weight is 358 g/mol. The second-order valence-corrected chi connectivity index (χ2v) is 8.40. The molecule has 0 saturated carbocycles. The van der Waals surface area contributed by atoms with Crippen LogP contribution in [0, 0.1) is 18.2 Å². The van der Waals surface area contributed by atoms with Crippen LogP contribution in [0.25, 0.3) is 10.4 Å². The summed E-state index contributed by atoms with van der Waals surface area (Å²) < 4.78 is 13.1. The molecule has 0 bridgehead atoms. The Morgan fingerprint density at radius 1 is 1.20 bits per heavy atom. The van der Waals surface area contributed by atoms with Gasteiger partial charge in [0.25, 0.3) is 5.91 Å². The molecule has 0 atom stereocenters. The molecule has 0 aliphatic carbocycles. The molecule has 1 amide bonds. The lowest BCUT2D eigenvalue weighted by Gasteiger charge is -2.38. The van der Waals surface area contributed by atoms with E-state index in [-0.39, 0.29) is 11.7 Å². The van der Waals surface area contributed by atoms with E-state index in [2.05, 4.69) is 5.32 Å². The fourth-order valence-electron chi connectivity index (χ4n) is 4.04. The van der Waals surface area contributed by atoms with Gasteiger partial charge in [0.2, 0.25) is 0 Å². The molecule has 2 aliphatic heterocycles. The lowest BCUT2D eigenvalue weighted by Crippen LogP contribution is -2.43. The lowest BCUT2D eigenvalue weighted by molar-refractivity contribution is 0.0612. The van der Waals surface area contributed by atoms with Crippen molar-refractivity contribution in [2.45, 2.75) is 26.2 Å². The Kier molecular flexibility index (Phi) is 4.38. The van der Waals surface area contributed by atoms with E-state index in [1.807, 2.05) is 17.9 Å². The number of benzene rings is 1. The molecule has 132 valence electrons. The van der Waals surface area contributed by atoms with E-state index in [9.17, 15) is 9.18 Å². The van der Waals surface area contributed by atoms with Crippen LogP contribution in [0.15, 0.2) is 30.3 Å². The Bertz CT molecular complexity index is 767. The van der Waals surface area contributed by atoms with Gasteiger partial charge < -0.3 is 10.2 Å². The number of nitrogens with one attached hydrogen (secondary N) is 1. The summed E-state index contributed by atoms with van der Waals surface area (Å²) in [6.45, 7) is 5.93. The predicted molar refractivity (Wildman–Crippen MR) is 99.5 cm³/mol. The number of nitrogens with zero attached hydrogens (tertiary/aromatic N) is 1. The minimum Gasteiger partial charge on any atom is -0.338 e. The molecule has 2 aromatic rings. The van der Waals surface area contributed by atoms with Crippen LogP contribution in [0.3, 0.4) is 0 Å². The van der Waals surface area contributed by atoms with Gasteiger partial charge in [-0.2, -0.15) is 0 Å². The molecule has 2 saturated heterocycles. The summed E-state index contributed by atoms with van der Waals surface area (Å²) in [6, 6.07) is 8.47. The maximum atomic E-state index is 13.1. The zero-order valence-electron chi connectivity index (χ0n) is 14.5. The Hall–Kier alpha value is -1.72. The number of carbonyl (C=O) groups is 1. The first-order valence-corrected chi connectivity index (χ1v) is 9.74. The molecular weight excluding hydrogens is 335 g/mol. The molecule has 2 fully saturated rings. The van der Waals surface area contributed by atoms with E-state index in [0.717, 1.165) is 59.9 Å². The van der Waals surface area contributed by atoms with Crippen molar-refractivity contribution in [3.05, 3.63) is 46.6 Å². The molecular formula is C20H23FN2OS. The molecule has 2 aliphatic rings. The maximum absolute atomic E-state index is 13.1. The van der Waals surface area contributed by atoms with Crippen molar-refractivity contribution in [2.24, 2.45) is 5.41 Å². The summed E-state index contributed by atoms with van der Waals surface area (Å²) in [7, 11) is 0. The van der Waals surface area contributed by atoms with Crippen molar-refractivity contribution in [1.82, 2.24) is 10.2 Å². The molecule has 0 radical (unpaired) electrons. The number of amides is 1. The minimum atomic E-state index is -0.238. The number of carbonyl (C=O) groups excluding carboxylic acids is 1. The molecule has 4 rings (SSSR count). The number of hydrogen-bond acceptors (Lipinski definition) is 3. The molecule has 1 N–H and O–H groups in total. The molecule has 3 heterocycles. The molecule has 1 spiro atoms. The van der Waals surface area contributed by atoms with Crippen LogP contribution in [0.4, 0.5) is 4.39 Å². The zero-order chi connectivity index (χ0) is 17.4. The van der Waals surface area contributed by atoms with E-state index >= 15 is 0 Å². The van der Waals surface area contributed by atoms with Gasteiger partial charge in [-0.1, -0.05) is 12.1 Å². The fraction of sp³-hybridized carbons (Fsp3) is 0.450. The summed E-state index contributed by atoms with van der Waals surface area (Å²) in [5.41, 5.74) is 2.47. The standard InChI is InChI=1S/C20H23FN2OS/c1-14-12-17(25-18(14)15-2-4-16(21)5-3-15)19(24)23-10-7-20(8-11-23)6-9-22-13-20/h2-5,12,22H,6-11,13H2,1H3. The maximum Gasteiger partial charge on any atom is 0.263 e. The highest BCUT2D eigenvalue weighted by Gasteiger charge is 2.38. The third kappa shape index (κ3) is 3.23. The van der Waals surface area contributed by atoms with Crippen molar-refractivity contribution < 1.29 is 9.18 Å². The van der Waals surface area contributed by atoms with Crippen LogP contribution in [0.2, 0.25) is 0 Å².